The maximum Gasteiger partial charge on any atom is 0.289 e. The molecule has 0 aliphatic carbocycles. The predicted molar refractivity (Wildman–Crippen MR) is 94.9 cm³/mol. The Kier molecular flexibility index (Phi) is 4.54. The van der Waals surface area contributed by atoms with Crippen LogP contribution < -0.4 is 9.80 Å². The maximum absolute atomic E-state index is 12.3. The van der Waals surface area contributed by atoms with Gasteiger partial charge in [0.05, 0.1) is 6.26 Å². The molecule has 2 fully saturated rings. The molecule has 2 aliphatic heterocycles. The smallest absolute Gasteiger partial charge is 0.289 e. The first kappa shape index (κ1) is 15.9. The molecule has 4 heterocycles. The van der Waals surface area contributed by atoms with Crippen LogP contribution >= 0.6 is 0 Å². The molecule has 0 radical (unpaired) electrons. The Hall–Kier alpha value is -2.57. The molecule has 2 aromatic rings. The van der Waals surface area contributed by atoms with E-state index in [1.54, 1.807) is 12.1 Å². The number of furan rings is 1. The molecule has 0 bridgehead atoms. The van der Waals surface area contributed by atoms with Gasteiger partial charge in [-0.05, 0) is 37.5 Å². The lowest BCUT2D eigenvalue weighted by Gasteiger charge is -2.35. The van der Waals surface area contributed by atoms with Crippen molar-refractivity contribution in [2.45, 2.75) is 19.3 Å². The summed E-state index contributed by atoms with van der Waals surface area (Å²) in [5.41, 5.74) is 0. The number of anilines is 2. The summed E-state index contributed by atoms with van der Waals surface area (Å²) in [5, 5.41) is 0. The number of piperazine rings is 1. The quantitative estimate of drug-likeness (QED) is 0.851. The van der Waals surface area contributed by atoms with E-state index in [1.807, 2.05) is 17.2 Å². The van der Waals surface area contributed by atoms with Gasteiger partial charge in [-0.1, -0.05) is 0 Å². The number of nitrogens with zero attached hydrogens (tertiary/aromatic N) is 5. The minimum Gasteiger partial charge on any atom is -0.459 e. The van der Waals surface area contributed by atoms with E-state index in [4.69, 9.17) is 9.40 Å². The third-order valence-electron chi connectivity index (χ3n) is 4.89. The molecule has 0 N–H and O–H groups in total. The molecule has 2 saturated heterocycles. The molecule has 0 unspecified atom stereocenters. The molecule has 2 aliphatic rings. The van der Waals surface area contributed by atoms with E-state index in [0.29, 0.717) is 18.8 Å². The molecule has 132 valence electrons. The number of amides is 1. The second kappa shape index (κ2) is 7.13. The Labute approximate surface area is 147 Å². The first-order chi connectivity index (χ1) is 12.3. The molecule has 0 spiro atoms. The van der Waals surface area contributed by atoms with Crippen molar-refractivity contribution in [3.63, 3.8) is 0 Å². The van der Waals surface area contributed by atoms with Gasteiger partial charge in [0, 0.05) is 45.5 Å². The van der Waals surface area contributed by atoms with Gasteiger partial charge in [-0.25, -0.2) is 4.98 Å². The normalized spacial score (nSPS) is 18.5. The highest BCUT2D eigenvalue weighted by molar-refractivity contribution is 5.91. The van der Waals surface area contributed by atoms with Crippen molar-refractivity contribution in [2.24, 2.45) is 0 Å². The molecule has 25 heavy (non-hydrogen) atoms. The van der Waals surface area contributed by atoms with Gasteiger partial charge in [-0.3, -0.25) is 4.79 Å². The highest BCUT2D eigenvalue weighted by Gasteiger charge is 2.25. The van der Waals surface area contributed by atoms with Gasteiger partial charge in [0.2, 0.25) is 5.95 Å². The second-order valence-corrected chi connectivity index (χ2v) is 6.52. The Bertz CT molecular complexity index is 704. The predicted octanol–water partition coefficient (Wildman–Crippen LogP) is 2.02. The number of carbonyl (C=O) groups excluding carboxylic acids is 1. The minimum atomic E-state index is -0.0404. The van der Waals surface area contributed by atoms with Crippen LogP contribution in [0, 0.1) is 0 Å². The molecule has 7 heteroatoms. The zero-order chi connectivity index (χ0) is 17.1. The lowest BCUT2D eigenvalue weighted by atomic mass is 10.1. The van der Waals surface area contributed by atoms with Crippen molar-refractivity contribution in [1.29, 1.82) is 0 Å². The standard InChI is InChI=1S/C18H23N5O2/c24-17(15-5-4-14-25-15)22-12-10-21(11-13-22)16-6-7-19-18(20-16)23-8-2-1-3-9-23/h4-7,14H,1-3,8-13H2. The summed E-state index contributed by atoms with van der Waals surface area (Å²) in [6.45, 7) is 4.95. The average molecular weight is 341 g/mol. The monoisotopic (exact) mass is 341 g/mol. The molecule has 7 nitrogen and oxygen atoms in total. The van der Waals surface area contributed by atoms with E-state index < -0.39 is 0 Å². The van der Waals surface area contributed by atoms with Gasteiger partial charge in [0.15, 0.2) is 5.76 Å². The highest BCUT2D eigenvalue weighted by Crippen LogP contribution is 2.20. The molecule has 4 rings (SSSR count). The van der Waals surface area contributed by atoms with E-state index in [-0.39, 0.29) is 5.91 Å². The van der Waals surface area contributed by atoms with Crippen LogP contribution in [-0.4, -0.2) is 60.0 Å². The van der Waals surface area contributed by atoms with Gasteiger partial charge < -0.3 is 19.1 Å². The third-order valence-corrected chi connectivity index (χ3v) is 4.89. The van der Waals surface area contributed by atoms with Crippen molar-refractivity contribution in [1.82, 2.24) is 14.9 Å². The van der Waals surface area contributed by atoms with Crippen LogP contribution in [0.1, 0.15) is 29.8 Å². The highest BCUT2D eigenvalue weighted by atomic mass is 16.3. The average Bonchev–Trinajstić information content (AvgIpc) is 3.23. The van der Waals surface area contributed by atoms with Crippen molar-refractivity contribution in [3.8, 4) is 0 Å². The molecular weight excluding hydrogens is 318 g/mol. The summed E-state index contributed by atoms with van der Waals surface area (Å²) in [6.07, 6.45) is 7.09. The van der Waals surface area contributed by atoms with Gasteiger partial charge in [0.25, 0.3) is 5.91 Å². The third kappa shape index (κ3) is 3.45. The minimum absolute atomic E-state index is 0.0404. The van der Waals surface area contributed by atoms with Gasteiger partial charge in [-0.2, -0.15) is 4.98 Å². The number of carbonyl (C=O) groups is 1. The van der Waals surface area contributed by atoms with Crippen LogP contribution in [0.2, 0.25) is 0 Å². The van der Waals surface area contributed by atoms with Gasteiger partial charge in [0.1, 0.15) is 5.82 Å². The fraction of sp³-hybridized carbons (Fsp3) is 0.500. The molecule has 0 saturated carbocycles. The number of hydrogen-bond donors (Lipinski definition) is 0. The molecule has 0 aromatic carbocycles. The second-order valence-electron chi connectivity index (χ2n) is 6.52. The molecule has 0 atom stereocenters. The fourth-order valence-electron chi connectivity index (χ4n) is 3.46. The largest absolute Gasteiger partial charge is 0.459 e. The summed E-state index contributed by atoms with van der Waals surface area (Å²) < 4.78 is 5.21. The summed E-state index contributed by atoms with van der Waals surface area (Å²) in [4.78, 5) is 27.9. The van der Waals surface area contributed by atoms with E-state index in [0.717, 1.165) is 37.9 Å². The summed E-state index contributed by atoms with van der Waals surface area (Å²) in [7, 11) is 0. The van der Waals surface area contributed by atoms with E-state index >= 15 is 0 Å². The summed E-state index contributed by atoms with van der Waals surface area (Å²) >= 11 is 0. The molecule has 2 aromatic heterocycles. The number of piperidine rings is 1. The molecule has 1 amide bonds. The van der Waals surface area contributed by atoms with E-state index in [1.165, 1.54) is 25.5 Å². The maximum atomic E-state index is 12.3. The van der Waals surface area contributed by atoms with E-state index in [9.17, 15) is 4.79 Å². The zero-order valence-corrected chi connectivity index (χ0v) is 14.3. The van der Waals surface area contributed by atoms with Crippen molar-refractivity contribution in [2.75, 3.05) is 49.1 Å². The Balaban J connectivity index is 1.40. The van der Waals surface area contributed by atoms with Crippen LogP contribution in [0.4, 0.5) is 11.8 Å². The van der Waals surface area contributed by atoms with E-state index in [2.05, 4.69) is 14.8 Å². The van der Waals surface area contributed by atoms with Crippen molar-refractivity contribution in [3.05, 3.63) is 36.4 Å². The van der Waals surface area contributed by atoms with Crippen LogP contribution in [0.3, 0.4) is 0 Å². The Morgan fingerprint density at radius 2 is 1.76 bits per heavy atom. The van der Waals surface area contributed by atoms with Gasteiger partial charge >= 0.3 is 0 Å². The van der Waals surface area contributed by atoms with Gasteiger partial charge in [-0.15, -0.1) is 0 Å². The Morgan fingerprint density at radius 3 is 2.48 bits per heavy atom. The van der Waals surface area contributed by atoms with Crippen LogP contribution in [-0.2, 0) is 0 Å². The Morgan fingerprint density at radius 1 is 0.960 bits per heavy atom. The fourth-order valence-corrected chi connectivity index (χ4v) is 3.46. The van der Waals surface area contributed by atoms with Crippen LogP contribution in [0.15, 0.2) is 35.1 Å². The number of aromatic nitrogens is 2. The number of hydrogen-bond acceptors (Lipinski definition) is 6. The van der Waals surface area contributed by atoms with Crippen LogP contribution in [0.25, 0.3) is 0 Å². The first-order valence-corrected chi connectivity index (χ1v) is 8.97. The summed E-state index contributed by atoms with van der Waals surface area (Å²) in [6, 6.07) is 5.41. The van der Waals surface area contributed by atoms with Crippen LogP contribution in [0.5, 0.6) is 0 Å². The van der Waals surface area contributed by atoms with Crippen molar-refractivity contribution < 1.29 is 9.21 Å². The SMILES string of the molecule is O=C(c1ccco1)N1CCN(c2ccnc(N3CCCCC3)n2)CC1. The zero-order valence-electron chi connectivity index (χ0n) is 14.3. The topological polar surface area (TPSA) is 65.7 Å². The first-order valence-electron chi connectivity index (χ1n) is 8.97. The lowest BCUT2D eigenvalue weighted by molar-refractivity contribution is 0.0714. The molecular formula is C18H23N5O2. The lowest BCUT2D eigenvalue weighted by Crippen LogP contribution is -2.49. The van der Waals surface area contributed by atoms with Crippen molar-refractivity contribution >= 4 is 17.7 Å². The summed E-state index contributed by atoms with van der Waals surface area (Å²) in [5.74, 6) is 2.14. The number of rotatable bonds is 3.